The smallest absolute Gasteiger partial charge is 0.274 e. The summed E-state index contributed by atoms with van der Waals surface area (Å²) in [5.41, 5.74) is 1.19. The number of nitrogens with zero attached hydrogens (tertiary/aromatic N) is 2. The van der Waals surface area contributed by atoms with Crippen LogP contribution in [0.25, 0.3) is 0 Å². The maximum Gasteiger partial charge on any atom is 0.274 e. The second kappa shape index (κ2) is 8.64. The molecule has 1 amide bonds. The molecule has 29 heavy (non-hydrogen) atoms. The second-order valence-electron chi connectivity index (χ2n) is 6.61. The van der Waals surface area contributed by atoms with Crippen LogP contribution in [0.4, 0.5) is 26.1 Å². The zero-order chi connectivity index (χ0) is 21.0. The van der Waals surface area contributed by atoms with Gasteiger partial charge in [0.05, 0.1) is 11.8 Å². The predicted molar refractivity (Wildman–Crippen MR) is 107 cm³/mol. The van der Waals surface area contributed by atoms with Gasteiger partial charge in [-0.1, -0.05) is 0 Å². The fourth-order valence-corrected chi connectivity index (χ4v) is 2.54. The van der Waals surface area contributed by atoms with Crippen LogP contribution in [-0.4, -0.2) is 22.0 Å². The first-order valence-electron chi connectivity index (χ1n) is 8.96. The summed E-state index contributed by atoms with van der Waals surface area (Å²) in [6, 6.07) is 11.6. The van der Waals surface area contributed by atoms with E-state index in [2.05, 4.69) is 20.6 Å². The number of anilines is 3. The minimum Gasteiger partial charge on any atom is -0.491 e. The van der Waals surface area contributed by atoms with E-state index < -0.39 is 17.5 Å². The molecule has 6 nitrogen and oxygen atoms in total. The van der Waals surface area contributed by atoms with E-state index in [0.717, 1.165) is 12.1 Å². The van der Waals surface area contributed by atoms with Gasteiger partial charge in [0, 0.05) is 17.4 Å². The number of carbonyl (C=O) groups excluding carboxylic acids is 1. The van der Waals surface area contributed by atoms with Gasteiger partial charge in [-0.25, -0.2) is 18.7 Å². The van der Waals surface area contributed by atoms with Crippen molar-refractivity contribution in [3.63, 3.8) is 0 Å². The first kappa shape index (κ1) is 20.2. The van der Waals surface area contributed by atoms with Gasteiger partial charge in [0.15, 0.2) is 0 Å². The number of hydrogen-bond acceptors (Lipinski definition) is 5. The number of aryl methyl sites for hydroxylation is 1. The average Bonchev–Trinajstić information content (AvgIpc) is 2.65. The summed E-state index contributed by atoms with van der Waals surface area (Å²) < 4.78 is 32.5. The average molecular weight is 398 g/mol. The predicted octanol–water partition coefficient (Wildman–Crippen LogP) is 4.85. The van der Waals surface area contributed by atoms with E-state index in [1.807, 2.05) is 13.8 Å². The van der Waals surface area contributed by atoms with Gasteiger partial charge in [-0.3, -0.25) is 4.79 Å². The van der Waals surface area contributed by atoms with Crippen molar-refractivity contribution in [2.24, 2.45) is 0 Å². The molecule has 3 aromatic rings. The highest BCUT2D eigenvalue weighted by atomic mass is 19.1. The Morgan fingerprint density at radius 2 is 1.76 bits per heavy atom. The van der Waals surface area contributed by atoms with E-state index in [4.69, 9.17) is 4.74 Å². The molecule has 1 heterocycles. The lowest BCUT2D eigenvalue weighted by atomic mass is 10.2. The first-order chi connectivity index (χ1) is 13.8. The molecule has 0 unspecified atom stereocenters. The molecule has 0 fully saturated rings. The first-order valence-corrected chi connectivity index (χ1v) is 8.96. The summed E-state index contributed by atoms with van der Waals surface area (Å²) in [6.07, 6.45) is 0.0521. The molecule has 0 saturated heterocycles. The molecule has 1 aromatic heterocycles. The number of aromatic nitrogens is 2. The molecular weight excluding hydrogens is 378 g/mol. The zero-order valence-corrected chi connectivity index (χ0v) is 16.2. The summed E-state index contributed by atoms with van der Waals surface area (Å²) in [6.45, 7) is 5.54. The number of rotatable bonds is 6. The molecule has 8 heteroatoms. The minimum absolute atomic E-state index is 0.00380. The van der Waals surface area contributed by atoms with Crippen LogP contribution in [0.5, 0.6) is 5.75 Å². The van der Waals surface area contributed by atoms with Gasteiger partial charge in [-0.05, 0) is 63.2 Å². The van der Waals surface area contributed by atoms with E-state index in [0.29, 0.717) is 17.1 Å². The Balaban J connectivity index is 1.75. The lowest BCUT2D eigenvalue weighted by Crippen LogP contribution is -2.15. The van der Waals surface area contributed by atoms with Crippen molar-refractivity contribution in [1.82, 2.24) is 9.97 Å². The Bertz CT molecular complexity index is 1020. The van der Waals surface area contributed by atoms with E-state index in [1.165, 1.54) is 12.1 Å². The van der Waals surface area contributed by atoms with Gasteiger partial charge in [0.2, 0.25) is 5.95 Å². The third kappa shape index (κ3) is 5.47. The largest absolute Gasteiger partial charge is 0.491 e. The topological polar surface area (TPSA) is 76.1 Å². The summed E-state index contributed by atoms with van der Waals surface area (Å²) >= 11 is 0. The molecule has 0 radical (unpaired) electrons. The van der Waals surface area contributed by atoms with Crippen molar-refractivity contribution in [3.8, 4) is 5.75 Å². The van der Waals surface area contributed by atoms with Crippen molar-refractivity contribution >= 4 is 23.2 Å². The van der Waals surface area contributed by atoms with Crippen LogP contribution in [0.3, 0.4) is 0 Å². The quantitative estimate of drug-likeness (QED) is 0.621. The molecule has 0 spiro atoms. The SMILES string of the molecule is Cc1cc(C(=O)Nc2ccc(OC(C)C)cc2)nc(Nc2ccc(F)cc2F)n1. The third-order valence-corrected chi connectivity index (χ3v) is 3.75. The number of halogens is 2. The summed E-state index contributed by atoms with van der Waals surface area (Å²) in [7, 11) is 0. The Labute approximate surface area is 167 Å². The van der Waals surface area contributed by atoms with Gasteiger partial charge in [0.25, 0.3) is 5.91 Å². The van der Waals surface area contributed by atoms with Gasteiger partial charge < -0.3 is 15.4 Å². The number of amides is 1. The maximum absolute atomic E-state index is 13.8. The highest BCUT2D eigenvalue weighted by molar-refractivity contribution is 6.03. The van der Waals surface area contributed by atoms with Crippen LogP contribution < -0.4 is 15.4 Å². The van der Waals surface area contributed by atoms with Crippen molar-refractivity contribution in [2.45, 2.75) is 26.9 Å². The second-order valence-corrected chi connectivity index (χ2v) is 6.61. The van der Waals surface area contributed by atoms with Crippen molar-refractivity contribution in [2.75, 3.05) is 10.6 Å². The molecule has 0 aliphatic rings. The Kier molecular flexibility index (Phi) is 6.01. The summed E-state index contributed by atoms with van der Waals surface area (Å²) in [5, 5.41) is 5.40. The Morgan fingerprint density at radius 3 is 2.41 bits per heavy atom. The highest BCUT2D eigenvalue weighted by Crippen LogP contribution is 2.20. The molecule has 0 atom stereocenters. The number of benzene rings is 2. The van der Waals surface area contributed by atoms with Crippen molar-refractivity contribution < 1.29 is 18.3 Å². The maximum atomic E-state index is 13.8. The highest BCUT2D eigenvalue weighted by Gasteiger charge is 2.13. The summed E-state index contributed by atoms with van der Waals surface area (Å²) in [5.74, 6) is -1.20. The summed E-state index contributed by atoms with van der Waals surface area (Å²) in [4.78, 5) is 20.8. The number of nitrogens with one attached hydrogen (secondary N) is 2. The molecule has 0 aliphatic carbocycles. The van der Waals surface area contributed by atoms with E-state index >= 15 is 0 Å². The molecular formula is C21H20F2N4O2. The molecule has 0 bridgehead atoms. The van der Waals surface area contributed by atoms with E-state index in [-0.39, 0.29) is 23.4 Å². The third-order valence-electron chi connectivity index (χ3n) is 3.75. The van der Waals surface area contributed by atoms with Crippen LogP contribution in [0, 0.1) is 18.6 Å². The van der Waals surface area contributed by atoms with E-state index in [1.54, 1.807) is 31.2 Å². The Morgan fingerprint density at radius 1 is 1.03 bits per heavy atom. The number of carbonyl (C=O) groups is 1. The monoisotopic (exact) mass is 398 g/mol. The zero-order valence-electron chi connectivity index (χ0n) is 16.2. The fourth-order valence-electron chi connectivity index (χ4n) is 2.54. The number of ether oxygens (including phenoxy) is 1. The standard InChI is InChI=1S/C21H20F2N4O2/c1-12(2)29-16-7-5-15(6-8-16)25-20(28)19-10-13(3)24-21(27-19)26-18-9-4-14(22)11-17(18)23/h4-12H,1-3H3,(H,25,28)(H,24,26,27). The lowest BCUT2D eigenvalue weighted by Gasteiger charge is -2.11. The normalized spacial score (nSPS) is 10.7. The molecule has 2 aromatic carbocycles. The van der Waals surface area contributed by atoms with Crippen LogP contribution in [0.15, 0.2) is 48.5 Å². The van der Waals surface area contributed by atoms with Crippen LogP contribution in [0.2, 0.25) is 0 Å². The van der Waals surface area contributed by atoms with Gasteiger partial charge >= 0.3 is 0 Å². The fraction of sp³-hybridized carbons (Fsp3) is 0.190. The number of hydrogen-bond donors (Lipinski definition) is 2. The van der Waals surface area contributed by atoms with Gasteiger partial charge in [-0.15, -0.1) is 0 Å². The molecule has 3 rings (SSSR count). The van der Waals surface area contributed by atoms with Gasteiger partial charge in [-0.2, -0.15) is 0 Å². The van der Waals surface area contributed by atoms with Crippen LogP contribution in [0.1, 0.15) is 30.0 Å². The molecule has 150 valence electrons. The van der Waals surface area contributed by atoms with Crippen molar-refractivity contribution in [3.05, 3.63) is 71.6 Å². The Hall–Kier alpha value is -3.55. The molecule has 0 aliphatic heterocycles. The van der Waals surface area contributed by atoms with Gasteiger partial charge in [0.1, 0.15) is 23.1 Å². The van der Waals surface area contributed by atoms with Crippen LogP contribution >= 0.6 is 0 Å². The van der Waals surface area contributed by atoms with Crippen molar-refractivity contribution in [1.29, 1.82) is 0 Å². The van der Waals surface area contributed by atoms with E-state index in [9.17, 15) is 13.6 Å². The molecule has 2 N–H and O–H groups in total. The minimum atomic E-state index is -0.787. The lowest BCUT2D eigenvalue weighted by molar-refractivity contribution is 0.102. The molecule has 0 saturated carbocycles. The van der Waals surface area contributed by atoms with Crippen LogP contribution in [-0.2, 0) is 0 Å².